The molecule has 0 aromatic carbocycles. The van der Waals surface area contributed by atoms with Crippen LogP contribution in [0.4, 0.5) is 0 Å². The molecule has 1 atom stereocenters. The summed E-state index contributed by atoms with van der Waals surface area (Å²) in [6, 6.07) is 0. The summed E-state index contributed by atoms with van der Waals surface area (Å²) in [5, 5.41) is 9.28. The monoisotopic (exact) mass is 230 g/mol. The van der Waals surface area contributed by atoms with E-state index in [1.54, 1.807) is 9.80 Å². The molecule has 0 aliphatic carbocycles. The number of amides is 2. The van der Waals surface area contributed by atoms with E-state index in [0.717, 1.165) is 0 Å². The second-order valence-electron chi connectivity index (χ2n) is 3.85. The van der Waals surface area contributed by atoms with Crippen molar-refractivity contribution in [3.05, 3.63) is 0 Å². The van der Waals surface area contributed by atoms with Gasteiger partial charge in [0.2, 0.25) is 11.8 Å². The van der Waals surface area contributed by atoms with E-state index in [4.69, 9.17) is 0 Å². The molecule has 5 nitrogen and oxygen atoms in total. The van der Waals surface area contributed by atoms with Crippen LogP contribution in [0.15, 0.2) is 0 Å². The first-order valence-corrected chi connectivity index (χ1v) is 6.13. The first-order valence-electron chi connectivity index (χ1n) is 4.98. The lowest BCUT2D eigenvalue weighted by molar-refractivity contribution is -0.137. The molecule has 2 aliphatic heterocycles. The third-order valence-corrected chi connectivity index (χ3v) is 3.61. The fourth-order valence-electron chi connectivity index (χ4n) is 1.77. The van der Waals surface area contributed by atoms with E-state index in [0.29, 0.717) is 31.1 Å². The molecule has 15 heavy (non-hydrogen) atoms. The maximum absolute atomic E-state index is 11.7. The zero-order valence-corrected chi connectivity index (χ0v) is 9.20. The van der Waals surface area contributed by atoms with Crippen LogP contribution in [-0.4, -0.2) is 64.1 Å². The van der Waals surface area contributed by atoms with Gasteiger partial charge < -0.3 is 14.9 Å². The highest BCUT2D eigenvalue weighted by atomic mass is 32.2. The number of nitrogens with zero attached hydrogens (tertiary/aromatic N) is 2. The highest BCUT2D eigenvalue weighted by Gasteiger charge is 2.28. The molecule has 2 heterocycles. The maximum atomic E-state index is 11.7. The molecule has 0 saturated carbocycles. The predicted octanol–water partition coefficient (Wildman–Crippen LogP) is -0.888. The Kier molecular flexibility index (Phi) is 3.16. The Morgan fingerprint density at radius 2 is 2.40 bits per heavy atom. The van der Waals surface area contributed by atoms with Crippen LogP contribution in [0, 0.1) is 0 Å². The molecule has 1 N–H and O–H groups in total. The number of rotatable bonds is 2. The van der Waals surface area contributed by atoms with Crippen LogP contribution in [0.3, 0.4) is 0 Å². The number of carbonyl (C=O) groups excluding carboxylic acids is 2. The average Bonchev–Trinajstić information content (AvgIpc) is 2.77. The molecule has 84 valence electrons. The zero-order valence-electron chi connectivity index (χ0n) is 8.39. The van der Waals surface area contributed by atoms with Crippen LogP contribution >= 0.6 is 11.8 Å². The topological polar surface area (TPSA) is 60.9 Å². The van der Waals surface area contributed by atoms with Crippen molar-refractivity contribution in [2.75, 3.05) is 31.3 Å². The molecular weight excluding hydrogens is 216 g/mol. The van der Waals surface area contributed by atoms with Crippen molar-refractivity contribution in [3.63, 3.8) is 0 Å². The van der Waals surface area contributed by atoms with E-state index in [1.165, 1.54) is 11.8 Å². The Morgan fingerprint density at radius 1 is 1.60 bits per heavy atom. The maximum Gasteiger partial charge on any atom is 0.242 e. The summed E-state index contributed by atoms with van der Waals surface area (Å²) >= 11 is 1.53. The second-order valence-corrected chi connectivity index (χ2v) is 4.81. The van der Waals surface area contributed by atoms with Crippen LogP contribution in [0.5, 0.6) is 0 Å². The lowest BCUT2D eigenvalue weighted by Gasteiger charge is -2.20. The zero-order chi connectivity index (χ0) is 10.8. The van der Waals surface area contributed by atoms with Crippen LogP contribution in [-0.2, 0) is 9.59 Å². The molecule has 2 fully saturated rings. The number of thioether (sulfide) groups is 1. The molecule has 0 aromatic rings. The summed E-state index contributed by atoms with van der Waals surface area (Å²) in [5.74, 6) is 1.08. The molecule has 0 radical (unpaired) electrons. The Labute approximate surface area is 92.4 Å². The third kappa shape index (κ3) is 2.43. The minimum absolute atomic E-state index is 0.0353. The largest absolute Gasteiger partial charge is 0.391 e. The molecule has 0 unspecified atom stereocenters. The van der Waals surface area contributed by atoms with Crippen molar-refractivity contribution in [2.45, 2.75) is 12.5 Å². The quantitative estimate of drug-likeness (QED) is 0.669. The van der Waals surface area contributed by atoms with Crippen LogP contribution in [0.1, 0.15) is 6.42 Å². The van der Waals surface area contributed by atoms with Gasteiger partial charge in [0.1, 0.15) is 6.54 Å². The van der Waals surface area contributed by atoms with Crippen molar-refractivity contribution < 1.29 is 14.7 Å². The highest BCUT2D eigenvalue weighted by molar-refractivity contribution is 8.00. The highest BCUT2D eigenvalue weighted by Crippen LogP contribution is 2.16. The van der Waals surface area contributed by atoms with E-state index in [-0.39, 0.29) is 18.4 Å². The standard InChI is InChI=1S/C9H14N2O3S/c12-7-1-2-10(3-7)8(13)4-11-6-15-5-9(11)14/h7,12H,1-6H2/t7-/m1/s1. The third-order valence-electron chi connectivity index (χ3n) is 2.67. The Balaban J connectivity index is 1.84. The van der Waals surface area contributed by atoms with E-state index in [1.807, 2.05) is 0 Å². The average molecular weight is 230 g/mol. The minimum atomic E-state index is -0.391. The molecule has 2 amide bonds. The van der Waals surface area contributed by atoms with Gasteiger partial charge in [0.05, 0.1) is 17.7 Å². The van der Waals surface area contributed by atoms with Crippen molar-refractivity contribution >= 4 is 23.6 Å². The first-order chi connectivity index (χ1) is 7.16. The number of hydrogen-bond donors (Lipinski definition) is 1. The number of β-amino-alcohol motifs (C(OH)–C–C–N with tert-alkyl or cyclic N) is 1. The van der Waals surface area contributed by atoms with Crippen LogP contribution in [0.2, 0.25) is 0 Å². The first kappa shape index (κ1) is 10.8. The summed E-state index contributed by atoms with van der Waals surface area (Å²) in [6.07, 6.45) is 0.256. The van der Waals surface area contributed by atoms with Gasteiger partial charge >= 0.3 is 0 Å². The number of aliphatic hydroxyl groups excluding tert-OH is 1. The van der Waals surface area contributed by atoms with E-state index in [9.17, 15) is 14.7 Å². The van der Waals surface area contributed by atoms with Crippen molar-refractivity contribution in [2.24, 2.45) is 0 Å². The van der Waals surface area contributed by atoms with Crippen LogP contribution < -0.4 is 0 Å². The van der Waals surface area contributed by atoms with E-state index in [2.05, 4.69) is 0 Å². The lowest BCUT2D eigenvalue weighted by Crippen LogP contribution is -2.40. The van der Waals surface area contributed by atoms with E-state index >= 15 is 0 Å². The van der Waals surface area contributed by atoms with Gasteiger partial charge in [0.25, 0.3) is 0 Å². The SMILES string of the molecule is O=C1CSCN1CC(=O)N1CC[C@@H](O)C1. The van der Waals surface area contributed by atoms with Gasteiger partial charge in [-0.25, -0.2) is 0 Å². The molecule has 6 heteroatoms. The molecule has 2 aliphatic rings. The summed E-state index contributed by atoms with van der Waals surface area (Å²) in [4.78, 5) is 26.2. The molecule has 0 spiro atoms. The van der Waals surface area contributed by atoms with Crippen LogP contribution in [0.25, 0.3) is 0 Å². The van der Waals surface area contributed by atoms with Gasteiger partial charge in [-0.05, 0) is 6.42 Å². The summed E-state index contributed by atoms with van der Waals surface area (Å²) in [5.41, 5.74) is 0. The summed E-state index contributed by atoms with van der Waals surface area (Å²) < 4.78 is 0. The number of carbonyl (C=O) groups is 2. The molecule has 2 saturated heterocycles. The smallest absolute Gasteiger partial charge is 0.242 e. The summed E-state index contributed by atoms with van der Waals surface area (Å²) in [6.45, 7) is 1.18. The molecule has 0 bridgehead atoms. The normalized spacial score (nSPS) is 26.5. The molecule has 2 rings (SSSR count). The summed E-state index contributed by atoms with van der Waals surface area (Å²) in [7, 11) is 0. The van der Waals surface area contributed by atoms with Gasteiger partial charge in [0.15, 0.2) is 0 Å². The second kappa shape index (κ2) is 4.40. The van der Waals surface area contributed by atoms with Gasteiger partial charge in [-0.2, -0.15) is 0 Å². The predicted molar refractivity (Wildman–Crippen MR) is 56.2 cm³/mol. The molecular formula is C9H14N2O3S. The van der Waals surface area contributed by atoms with Gasteiger partial charge in [-0.15, -0.1) is 11.8 Å². The van der Waals surface area contributed by atoms with Crippen molar-refractivity contribution in [3.8, 4) is 0 Å². The lowest BCUT2D eigenvalue weighted by atomic mass is 10.3. The van der Waals surface area contributed by atoms with Gasteiger partial charge in [0, 0.05) is 13.1 Å². The number of likely N-dealkylation sites (tertiary alicyclic amines) is 1. The minimum Gasteiger partial charge on any atom is -0.391 e. The fourth-order valence-corrected chi connectivity index (χ4v) is 2.68. The van der Waals surface area contributed by atoms with Gasteiger partial charge in [-0.3, -0.25) is 9.59 Å². The Bertz CT molecular complexity index is 285. The molecule has 0 aromatic heterocycles. The van der Waals surface area contributed by atoms with Gasteiger partial charge in [-0.1, -0.05) is 0 Å². The Morgan fingerprint density at radius 3 is 2.93 bits per heavy atom. The van der Waals surface area contributed by atoms with Crippen molar-refractivity contribution in [1.82, 2.24) is 9.80 Å². The fraction of sp³-hybridized carbons (Fsp3) is 0.778. The number of hydrogen-bond acceptors (Lipinski definition) is 4. The van der Waals surface area contributed by atoms with E-state index < -0.39 is 6.10 Å². The van der Waals surface area contributed by atoms with Crippen molar-refractivity contribution in [1.29, 1.82) is 0 Å². The Hall–Kier alpha value is -0.750. The number of aliphatic hydroxyl groups is 1.